The summed E-state index contributed by atoms with van der Waals surface area (Å²) < 4.78 is 10.5. The summed E-state index contributed by atoms with van der Waals surface area (Å²) in [6.07, 6.45) is 0.266. The normalized spacial score (nSPS) is 12.3. The maximum atomic E-state index is 12.7. The summed E-state index contributed by atoms with van der Waals surface area (Å²) in [7, 11) is 1.59. The van der Waals surface area contributed by atoms with Crippen molar-refractivity contribution in [1.82, 2.24) is 10.2 Å². The standard InChI is InChI=1S/C18H30N2O4/c1-12(2)14(4)19-17(21)7-8-20(9-10-23-6)18(22)16-11-13(3)24-15(16)5/h11-12,14H,7-10H2,1-6H3,(H,19,21). The van der Waals surface area contributed by atoms with Crippen LogP contribution in [-0.2, 0) is 9.53 Å². The van der Waals surface area contributed by atoms with Crippen molar-refractivity contribution in [2.75, 3.05) is 26.8 Å². The van der Waals surface area contributed by atoms with Gasteiger partial charge < -0.3 is 19.4 Å². The first-order valence-electron chi connectivity index (χ1n) is 8.40. The van der Waals surface area contributed by atoms with Crippen molar-refractivity contribution in [1.29, 1.82) is 0 Å². The second kappa shape index (κ2) is 9.47. The third-order valence-electron chi connectivity index (χ3n) is 4.12. The summed E-state index contributed by atoms with van der Waals surface area (Å²) in [6, 6.07) is 1.85. The zero-order chi connectivity index (χ0) is 18.3. The topological polar surface area (TPSA) is 71.8 Å². The molecular formula is C18H30N2O4. The zero-order valence-corrected chi connectivity index (χ0v) is 15.6. The van der Waals surface area contributed by atoms with Gasteiger partial charge in [0.2, 0.25) is 5.91 Å². The molecule has 1 atom stereocenters. The van der Waals surface area contributed by atoms with E-state index in [1.807, 2.05) is 13.8 Å². The molecule has 0 bridgehead atoms. The number of aryl methyl sites for hydroxylation is 2. The minimum atomic E-state index is -0.133. The predicted octanol–water partition coefficient (Wildman–Crippen LogP) is 2.54. The van der Waals surface area contributed by atoms with E-state index < -0.39 is 0 Å². The molecule has 0 saturated heterocycles. The number of nitrogens with zero attached hydrogens (tertiary/aromatic N) is 1. The van der Waals surface area contributed by atoms with Crippen LogP contribution in [0.2, 0.25) is 0 Å². The summed E-state index contributed by atoms with van der Waals surface area (Å²) in [5.74, 6) is 1.48. The number of hydrogen-bond donors (Lipinski definition) is 1. The molecule has 0 aliphatic rings. The second-order valence-corrected chi connectivity index (χ2v) is 6.46. The predicted molar refractivity (Wildman–Crippen MR) is 93.0 cm³/mol. The van der Waals surface area contributed by atoms with Gasteiger partial charge in [-0.15, -0.1) is 0 Å². The van der Waals surface area contributed by atoms with Gasteiger partial charge in [0, 0.05) is 32.7 Å². The molecule has 0 aromatic carbocycles. The molecule has 0 aliphatic heterocycles. The van der Waals surface area contributed by atoms with Crippen LogP contribution in [0, 0.1) is 19.8 Å². The van der Waals surface area contributed by atoms with Crippen molar-refractivity contribution < 1.29 is 18.7 Å². The van der Waals surface area contributed by atoms with Crippen molar-refractivity contribution in [2.24, 2.45) is 5.92 Å². The van der Waals surface area contributed by atoms with E-state index in [9.17, 15) is 9.59 Å². The van der Waals surface area contributed by atoms with Gasteiger partial charge >= 0.3 is 0 Å². The molecule has 1 unspecified atom stereocenters. The third-order valence-corrected chi connectivity index (χ3v) is 4.12. The average molecular weight is 338 g/mol. The van der Waals surface area contributed by atoms with Crippen molar-refractivity contribution in [3.8, 4) is 0 Å². The number of rotatable bonds is 9. The van der Waals surface area contributed by atoms with E-state index in [0.29, 0.717) is 42.7 Å². The van der Waals surface area contributed by atoms with E-state index >= 15 is 0 Å². The van der Waals surface area contributed by atoms with Gasteiger partial charge in [-0.2, -0.15) is 0 Å². The fourth-order valence-electron chi connectivity index (χ4n) is 2.26. The van der Waals surface area contributed by atoms with Crippen molar-refractivity contribution in [3.05, 3.63) is 23.2 Å². The molecule has 6 nitrogen and oxygen atoms in total. The van der Waals surface area contributed by atoms with Gasteiger partial charge in [-0.05, 0) is 32.8 Å². The van der Waals surface area contributed by atoms with Crippen LogP contribution in [0.1, 0.15) is 49.1 Å². The van der Waals surface area contributed by atoms with Crippen molar-refractivity contribution in [2.45, 2.75) is 47.1 Å². The molecule has 0 radical (unpaired) electrons. The summed E-state index contributed by atoms with van der Waals surface area (Å²) in [5.41, 5.74) is 0.541. The highest BCUT2D eigenvalue weighted by Crippen LogP contribution is 2.16. The molecule has 0 saturated carbocycles. The molecule has 0 aliphatic carbocycles. The van der Waals surface area contributed by atoms with Gasteiger partial charge in [-0.3, -0.25) is 9.59 Å². The Labute approximate surface area is 144 Å². The van der Waals surface area contributed by atoms with Crippen LogP contribution in [0.5, 0.6) is 0 Å². The molecule has 0 fully saturated rings. The number of methoxy groups -OCH3 is 1. The maximum absolute atomic E-state index is 12.7. The molecule has 1 N–H and O–H groups in total. The molecule has 1 aromatic rings. The Morgan fingerprint density at radius 1 is 1.25 bits per heavy atom. The molecule has 0 spiro atoms. The van der Waals surface area contributed by atoms with Crippen LogP contribution in [0.4, 0.5) is 0 Å². The van der Waals surface area contributed by atoms with Crippen molar-refractivity contribution >= 4 is 11.8 Å². The Bertz CT molecular complexity index is 551. The first-order valence-corrected chi connectivity index (χ1v) is 8.40. The van der Waals surface area contributed by atoms with Gasteiger partial charge in [0.25, 0.3) is 5.91 Å². The highest BCUT2D eigenvalue weighted by molar-refractivity contribution is 5.95. The molecule has 1 rings (SSSR count). The Hall–Kier alpha value is -1.82. The van der Waals surface area contributed by atoms with E-state index in [4.69, 9.17) is 9.15 Å². The fraction of sp³-hybridized carbons (Fsp3) is 0.667. The fourth-order valence-corrected chi connectivity index (χ4v) is 2.26. The minimum Gasteiger partial charge on any atom is -0.466 e. The lowest BCUT2D eigenvalue weighted by Gasteiger charge is -2.23. The van der Waals surface area contributed by atoms with Crippen LogP contribution >= 0.6 is 0 Å². The monoisotopic (exact) mass is 338 g/mol. The largest absolute Gasteiger partial charge is 0.466 e. The summed E-state index contributed by atoms with van der Waals surface area (Å²) in [4.78, 5) is 26.4. The minimum absolute atomic E-state index is 0.0495. The lowest BCUT2D eigenvalue weighted by molar-refractivity contribution is -0.122. The van der Waals surface area contributed by atoms with Gasteiger partial charge in [0.05, 0.1) is 12.2 Å². The van der Waals surface area contributed by atoms with Crippen molar-refractivity contribution in [3.63, 3.8) is 0 Å². The Balaban J connectivity index is 2.70. The Morgan fingerprint density at radius 2 is 1.92 bits per heavy atom. The smallest absolute Gasteiger partial charge is 0.257 e. The Kier molecular flexibility index (Phi) is 7.98. The maximum Gasteiger partial charge on any atom is 0.257 e. The van der Waals surface area contributed by atoms with Gasteiger partial charge in [-0.1, -0.05) is 13.8 Å². The SMILES string of the molecule is COCCN(CCC(=O)NC(C)C(C)C)C(=O)c1cc(C)oc1C. The summed E-state index contributed by atoms with van der Waals surface area (Å²) in [5, 5.41) is 2.96. The first kappa shape index (κ1) is 20.2. The van der Waals surface area contributed by atoms with E-state index in [1.165, 1.54) is 0 Å². The molecule has 136 valence electrons. The van der Waals surface area contributed by atoms with Crippen LogP contribution in [0.3, 0.4) is 0 Å². The third kappa shape index (κ3) is 6.00. The average Bonchev–Trinajstić information content (AvgIpc) is 2.85. The quantitative estimate of drug-likeness (QED) is 0.751. The number of amides is 2. The number of nitrogens with one attached hydrogen (secondary N) is 1. The van der Waals surface area contributed by atoms with Gasteiger partial charge in [-0.25, -0.2) is 0 Å². The zero-order valence-electron chi connectivity index (χ0n) is 15.6. The molecule has 1 aromatic heterocycles. The summed E-state index contributed by atoms with van der Waals surface area (Å²) >= 11 is 0. The van der Waals surface area contributed by atoms with Gasteiger partial charge in [0.1, 0.15) is 11.5 Å². The highest BCUT2D eigenvalue weighted by Gasteiger charge is 2.21. The number of hydrogen-bond acceptors (Lipinski definition) is 4. The van der Waals surface area contributed by atoms with E-state index in [-0.39, 0.29) is 24.3 Å². The highest BCUT2D eigenvalue weighted by atomic mass is 16.5. The molecule has 1 heterocycles. The molecule has 24 heavy (non-hydrogen) atoms. The summed E-state index contributed by atoms with van der Waals surface area (Å²) in [6.45, 7) is 10.9. The lowest BCUT2D eigenvalue weighted by Crippen LogP contribution is -2.40. The number of ether oxygens (including phenoxy) is 1. The first-order chi connectivity index (χ1) is 11.3. The number of carbonyl (C=O) groups is 2. The molecular weight excluding hydrogens is 308 g/mol. The van der Waals surface area contributed by atoms with Gasteiger partial charge in [0.15, 0.2) is 0 Å². The second-order valence-electron chi connectivity index (χ2n) is 6.46. The number of carbonyl (C=O) groups excluding carboxylic acids is 2. The van der Waals surface area contributed by atoms with Crippen LogP contribution in [-0.4, -0.2) is 49.6 Å². The van der Waals surface area contributed by atoms with Crippen LogP contribution < -0.4 is 5.32 Å². The van der Waals surface area contributed by atoms with Crippen LogP contribution in [0.25, 0.3) is 0 Å². The molecule has 2 amide bonds. The van der Waals surface area contributed by atoms with E-state index in [1.54, 1.807) is 25.0 Å². The Morgan fingerprint density at radius 3 is 2.42 bits per heavy atom. The van der Waals surface area contributed by atoms with Crippen LogP contribution in [0.15, 0.2) is 10.5 Å². The lowest BCUT2D eigenvalue weighted by atomic mass is 10.1. The van der Waals surface area contributed by atoms with E-state index in [0.717, 1.165) is 0 Å². The van der Waals surface area contributed by atoms with E-state index in [2.05, 4.69) is 19.2 Å². The molecule has 6 heteroatoms. The number of furan rings is 1.